The van der Waals surface area contributed by atoms with Crippen molar-refractivity contribution in [1.29, 1.82) is 0 Å². The van der Waals surface area contributed by atoms with E-state index in [1.165, 1.54) is 41.1 Å². The third-order valence-electron chi connectivity index (χ3n) is 9.45. The summed E-state index contributed by atoms with van der Waals surface area (Å²) in [7, 11) is 1.11. The number of aryl methyl sites for hydroxylation is 1. The molecule has 24 nitrogen and oxygen atoms in total. The summed E-state index contributed by atoms with van der Waals surface area (Å²) in [6, 6.07) is 5.97. The highest BCUT2D eigenvalue weighted by Crippen LogP contribution is 2.47. The number of hydrogen-bond donors (Lipinski definition) is 5. The van der Waals surface area contributed by atoms with Gasteiger partial charge in [0, 0.05) is 51.3 Å². The van der Waals surface area contributed by atoms with E-state index in [0.717, 1.165) is 60.1 Å². The number of amides is 3. The van der Waals surface area contributed by atoms with Crippen LogP contribution >= 0.6 is 23.5 Å². The number of ether oxygens (including phenoxy) is 4. The van der Waals surface area contributed by atoms with Crippen LogP contribution in [-0.4, -0.2) is 129 Å². The first-order chi connectivity index (χ1) is 30.4. The summed E-state index contributed by atoms with van der Waals surface area (Å²) in [6.07, 6.45) is 1.20. The number of hydrogen-bond acceptors (Lipinski definition) is 18. The average molecular weight is 925 g/mol. The highest BCUT2D eigenvalue weighted by Gasteiger charge is 2.67. The van der Waals surface area contributed by atoms with E-state index in [1.54, 1.807) is 6.92 Å². The first kappa shape index (κ1) is 46.2. The van der Waals surface area contributed by atoms with Crippen LogP contribution in [0.4, 0.5) is 0 Å². The maximum atomic E-state index is 14.5. The Labute approximate surface area is 367 Å². The molecule has 4 heterocycles. The van der Waals surface area contributed by atoms with Gasteiger partial charge in [-0.1, -0.05) is 23.9 Å². The second kappa shape index (κ2) is 19.0. The van der Waals surface area contributed by atoms with Gasteiger partial charge in [0.05, 0.1) is 10.9 Å². The van der Waals surface area contributed by atoms with Crippen LogP contribution in [0.25, 0.3) is 10.9 Å². The van der Waals surface area contributed by atoms with Crippen molar-refractivity contribution in [2.45, 2.75) is 56.2 Å². The molecular formula is C38H36N8O16S2. The number of nitrogens with one attached hydrogen (secondary N) is 2. The number of carbonyl (C=O) groups excluding carboxylic acids is 5. The molecule has 26 heteroatoms. The van der Waals surface area contributed by atoms with Gasteiger partial charge < -0.3 is 49.5 Å². The number of aromatic nitrogens is 5. The lowest BCUT2D eigenvalue weighted by atomic mass is 9.96. The molecule has 0 spiro atoms. The van der Waals surface area contributed by atoms with E-state index >= 15 is 0 Å². The van der Waals surface area contributed by atoms with E-state index in [4.69, 9.17) is 29.2 Å². The summed E-state index contributed by atoms with van der Waals surface area (Å²) < 4.78 is 23.7. The molecule has 2 aliphatic heterocycles. The highest BCUT2D eigenvalue weighted by atomic mass is 32.2. The van der Waals surface area contributed by atoms with Gasteiger partial charge in [0.25, 0.3) is 17.5 Å². The number of rotatable bonds is 18. The number of tetrazole rings is 1. The second-order valence-electron chi connectivity index (χ2n) is 13.6. The van der Waals surface area contributed by atoms with Crippen molar-refractivity contribution in [3.8, 4) is 17.2 Å². The smallest absolute Gasteiger partial charge is 0.352 e. The van der Waals surface area contributed by atoms with Gasteiger partial charge in [-0.2, -0.15) is 0 Å². The zero-order valence-electron chi connectivity index (χ0n) is 33.9. The van der Waals surface area contributed by atoms with Crippen LogP contribution in [0.5, 0.6) is 17.2 Å². The molecule has 3 atom stereocenters. The van der Waals surface area contributed by atoms with Crippen LogP contribution in [0.2, 0.25) is 0 Å². The molecule has 0 radical (unpaired) electrons. The Morgan fingerprint density at radius 1 is 0.984 bits per heavy atom. The van der Waals surface area contributed by atoms with Gasteiger partial charge in [0.2, 0.25) is 16.5 Å². The van der Waals surface area contributed by atoms with E-state index in [9.17, 15) is 48.3 Å². The number of pyridine rings is 1. The largest absolute Gasteiger partial charge is 0.482 e. The summed E-state index contributed by atoms with van der Waals surface area (Å²) in [5.74, 6) is -9.12. The molecule has 2 aromatic heterocycles. The van der Waals surface area contributed by atoms with Gasteiger partial charge in [-0.15, -0.1) is 16.9 Å². The summed E-state index contributed by atoms with van der Waals surface area (Å²) >= 11 is 1.98. The Kier molecular flexibility index (Phi) is 13.7. The molecule has 0 aliphatic carbocycles. The standard InChI is InChI=1S/C38H36N8O16S2/c1-5-44-12-23(31(53)22-10-25(61-17(2)47)26(11-24(22)44)62-18(3)48)32(54)39-29(19-6-8-21(9-7-19)60-14-28(51)52)33(55)40-38(59-4)35(58)46-30(34(56)57)20(15-63-36(38)46)16-64-37-41-42-43-45(37)13-27(49)50/h6-12,29,36H,5,13-16H2,1-4H3,(H,39,54)(H,40,55)(H,49,50)(H,51,52)(H,56,57)/t29?,36-,38+/m1/s1. The molecular weight excluding hydrogens is 889 g/mol. The molecule has 1 saturated heterocycles. The predicted molar refractivity (Wildman–Crippen MR) is 218 cm³/mol. The molecule has 5 N–H and O–H groups in total. The number of esters is 2. The van der Waals surface area contributed by atoms with E-state index in [1.807, 2.05) is 0 Å². The zero-order valence-corrected chi connectivity index (χ0v) is 35.5. The van der Waals surface area contributed by atoms with E-state index in [-0.39, 0.29) is 62.5 Å². The topological polar surface area (TPSA) is 327 Å². The van der Waals surface area contributed by atoms with Crippen molar-refractivity contribution in [1.82, 2.24) is 40.3 Å². The molecule has 2 aliphatic rings. The number of carboxylic acids is 3. The molecule has 6 rings (SSSR count). The fraction of sp³-hybridized carbons (Fsp3) is 0.316. The number of nitrogens with zero attached hydrogens (tertiary/aromatic N) is 6. The van der Waals surface area contributed by atoms with Gasteiger partial charge in [0.1, 0.15) is 35.0 Å². The van der Waals surface area contributed by atoms with Gasteiger partial charge in [-0.3, -0.25) is 38.5 Å². The van der Waals surface area contributed by atoms with Crippen molar-refractivity contribution in [2.75, 3.05) is 25.2 Å². The minimum atomic E-state index is -2.19. The fourth-order valence-electron chi connectivity index (χ4n) is 6.69. The number of thioether (sulfide) groups is 2. The number of benzene rings is 2. The summed E-state index contributed by atoms with van der Waals surface area (Å²) in [5, 5.41) is 43.2. The minimum Gasteiger partial charge on any atom is -0.482 e. The lowest BCUT2D eigenvalue weighted by Gasteiger charge is -2.56. The predicted octanol–water partition coefficient (Wildman–Crippen LogP) is 0.383. The first-order valence-electron chi connectivity index (χ1n) is 18.6. The zero-order chi connectivity index (χ0) is 46.6. The number of β-lactam (4-membered cyclic amide) rings is 1. The van der Waals surface area contributed by atoms with E-state index < -0.39 is 94.5 Å². The molecule has 64 heavy (non-hydrogen) atoms. The van der Waals surface area contributed by atoms with Crippen LogP contribution < -0.4 is 30.3 Å². The van der Waals surface area contributed by atoms with Gasteiger partial charge in [-0.05, 0) is 46.7 Å². The van der Waals surface area contributed by atoms with Gasteiger partial charge >= 0.3 is 29.8 Å². The Morgan fingerprint density at radius 3 is 2.25 bits per heavy atom. The number of fused-ring (bicyclic) bond motifs is 2. The number of carbonyl (C=O) groups is 8. The molecule has 1 fully saturated rings. The average Bonchev–Trinajstić information content (AvgIpc) is 3.68. The normalized spacial score (nSPS) is 17.2. The van der Waals surface area contributed by atoms with Crippen LogP contribution in [0, 0.1) is 0 Å². The highest BCUT2D eigenvalue weighted by molar-refractivity contribution is 8.01. The van der Waals surface area contributed by atoms with E-state index in [2.05, 4.69) is 26.2 Å². The number of carboxylic acid groups (broad SMARTS) is 3. The van der Waals surface area contributed by atoms with Gasteiger partial charge in [-0.25, -0.2) is 14.3 Å². The quantitative estimate of drug-likeness (QED) is 0.0296. The van der Waals surface area contributed by atoms with E-state index in [0.29, 0.717) is 0 Å². The monoisotopic (exact) mass is 924 g/mol. The lowest BCUT2D eigenvalue weighted by Crippen LogP contribution is -2.81. The Bertz CT molecular complexity index is 2700. The maximum Gasteiger partial charge on any atom is 0.352 e. The van der Waals surface area contributed by atoms with Gasteiger partial charge in [0.15, 0.2) is 18.1 Å². The molecule has 0 bridgehead atoms. The molecule has 4 aromatic rings. The number of aliphatic carboxylic acids is 3. The van der Waals surface area contributed by atoms with Crippen LogP contribution in [0.1, 0.15) is 42.7 Å². The Balaban J connectivity index is 1.33. The molecule has 3 amide bonds. The SMILES string of the molecule is CCn1cc(C(=O)NC(C(=O)N[C@]2(OC)C(=O)N3C(C(=O)O)=C(CSc4nnnn4CC(=O)O)CS[C@@H]32)c2ccc(OCC(=O)O)cc2)c(=O)c2cc(OC(C)=O)c(OC(C)=O)cc21. The third kappa shape index (κ3) is 9.37. The molecule has 0 saturated carbocycles. The first-order valence-corrected chi connectivity index (χ1v) is 20.6. The maximum absolute atomic E-state index is 14.5. The van der Waals surface area contributed by atoms with Crippen molar-refractivity contribution in [2.24, 2.45) is 0 Å². The summed E-state index contributed by atoms with van der Waals surface area (Å²) in [5.41, 5.74) is -3.48. The minimum absolute atomic E-state index is 0.00423. The Hall–Kier alpha value is -7.32. The fourth-order valence-corrected chi connectivity index (χ4v) is 9.14. The van der Waals surface area contributed by atoms with Crippen molar-refractivity contribution in [3.05, 3.63) is 75.2 Å². The van der Waals surface area contributed by atoms with Crippen LogP contribution in [0.15, 0.2) is 63.8 Å². The van der Waals surface area contributed by atoms with Crippen LogP contribution in [-0.2, 0) is 51.4 Å². The number of methoxy groups -OCH3 is 1. The molecule has 336 valence electrons. The lowest BCUT2D eigenvalue weighted by molar-refractivity contribution is -0.192. The van der Waals surface area contributed by atoms with Crippen molar-refractivity contribution < 1.29 is 72.6 Å². The second-order valence-corrected chi connectivity index (χ2v) is 15.7. The van der Waals surface area contributed by atoms with Crippen LogP contribution in [0.3, 0.4) is 0 Å². The molecule has 1 unspecified atom stereocenters. The molecule has 2 aromatic carbocycles. The third-order valence-corrected chi connectivity index (χ3v) is 11.9. The Morgan fingerprint density at radius 2 is 1.66 bits per heavy atom. The summed E-state index contributed by atoms with van der Waals surface area (Å²) in [4.78, 5) is 116. The summed E-state index contributed by atoms with van der Waals surface area (Å²) in [6.45, 7) is 2.80. The van der Waals surface area contributed by atoms with Crippen molar-refractivity contribution in [3.63, 3.8) is 0 Å². The van der Waals surface area contributed by atoms with Crippen molar-refractivity contribution >= 4 is 82.0 Å².